The molecule has 0 aliphatic carbocycles. The second-order valence-corrected chi connectivity index (χ2v) is 7.30. The molecule has 5 nitrogen and oxygen atoms in total. The van der Waals surface area contributed by atoms with Crippen LogP contribution in [0.25, 0.3) is 0 Å². The lowest BCUT2D eigenvalue weighted by atomic mass is 10.2. The SMILES string of the molecule is C[C@@H]1CN(c2ncc(Cl)cc2Cl)CCN1C(=O)Nc1ccc(C(F)(F)F)cc1. The third kappa shape index (κ3) is 4.62. The summed E-state index contributed by atoms with van der Waals surface area (Å²) in [6, 6.07) is 5.42. The van der Waals surface area contributed by atoms with E-state index in [1.165, 1.54) is 18.3 Å². The van der Waals surface area contributed by atoms with Crippen molar-refractivity contribution in [2.45, 2.75) is 19.1 Å². The number of halogens is 5. The van der Waals surface area contributed by atoms with Gasteiger partial charge in [-0.15, -0.1) is 0 Å². The van der Waals surface area contributed by atoms with Crippen molar-refractivity contribution in [3.63, 3.8) is 0 Å². The molecule has 1 fully saturated rings. The number of amides is 2. The van der Waals surface area contributed by atoms with Crippen LogP contribution in [0.2, 0.25) is 10.0 Å². The Morgan fingerprint density at radius 2 is 1.89 bits per heavy atom. The molecule has 1 N–H and O–H groups in total. The van der Waals surface area contributed by atoms with Gasteiger partial charge in [-0.1, -0.05) is 23.2 Å². The molecule has 150 valence electrons. The number of hydrogen-bond acceptors (Lipinski definition) is 3. The zero-order valence-corrected chi connectivity index (χ0v) is 16.3. The number of carbonyl (C=O) groups excluding carboxylic acids is 1. The van der Waals surface area contributed by atoms with E-state index in [-0.39, 0.29) is 12.1 Å². The van der Waals surface area contributed by atoms with E-state index in [4.69, 9.17) is 23.2 Å². The lowest BCUT2D eigenvalue weighted by Gasteiger charge is -2.40. The fourth-order valence-corrected chi connectivity index (χ4v) is 3.53. The second-order valence-electron chi connectivity index (χ2n) is 6.45. The molecule has 3 rings (SSSR count). The van der Waals surface area contributed by atoms with Crippen molar-refractivity contribution < 1.29 is 18.0 Å². The van der Waals surface area contributed by atoms with E-state index < -0.39 is 11.7 Å². The minimum Gasteiger partial charge on any atom is -0.352 e. The predicted octanol–water partition coefficient (Wildman–Crippen LogP) is 5.15. The Labute approximate surface area is 170 Å². The summed E-state index contributed by atoms with van der Waals surface area (Å²) in [5.74, 6) is 0.598. The van der Waals surface area contributed by atoms with E-state index in [0.29, 0.717) is 41.2 Å². The van der Waals surface area contributed by atoms with Gasteiger partial charge in [-0.05, 0) is 37.3 Å². The van der Waals surface area contributed by atoms with Crippen molar-refractivity contribution in [1.82, 2.24) is 9.88 Å². The number of carbonyl (C=O) groups is 1. The number of aromatic nitrogens is 1. The van der Waals surface area contributed by atoms with E-state index in [1.807, 2.05) is 11.8 Å². The maximum atomic E-state index is 12.6. The van der Waals surface area contributed by atoms with Crippen LogP contribution in [0.15, 0.2) is 36.5 Å². The highest BCUT2D eigenvalue weighted by Gasteiger charge is 2.31. The number of pyridine rings is 1. The number of nitrogens with one attached hydrogen (secondary N) is 1. The first-order valence-electron chi connectivity index (χ1n) is 8.46. The highest BCUT2D eigenvalue weighted by Crippen LogP contribution is 2.30. The number of urea groups is 1. The lowest BCUT2D eigenvalue weighted by molar-refractivity contribution is -0.137. The fraction of sp³-hybridized carbons (Fsp3) is 0.333. The highest BCUT2D eigenvalue weighted by molar-refractivity contribution is 6.36. The summed E-state index contributed by atoms with van der Waals surface area (Å²) in [7, 11) is 0. The summed E-state index contributed by atoms with van der Waals surface area (Å²) >= 11 is 12.1. The number of benzene rings is 1. The fourth-order valence-electron chi connectivity index (χ4n) is 3.03. The third-order valence-electron chi connectivity index (χ3n) is 4.44. The molecule has 28 heavy (non-hydrogen) atoms. The molecule has 0 bridgehead atoms. The predicted molar refractivity (Wildman–Crippen MR) is 103 cm³/mol. The van der Waals surface area contributed by atoms with Crippen LogP contribution >= 0.6 is 23.2 Å². The lowest BCUT2D eigenvalue weighted by Crippen LogP contribution is -2.55. The Bertz CT molecular complexity index is 861. The molecule has 1 aromatic carbocycles. The molecule has 1 aromatic heterocycles. The molecule has 2 amide bonds. The smallest absolute Gasteiger partial charge is 0.352 e. The van der Waals surface area contributed by atoms with Crippen LogP contribution in [0.3, 0.4) is 0 Å². The van der Waals surface area contributed by atoms with Gasteiger partial charge in [0.1, 0.15) is 5.82 Å². The molecule has 0 saturated carbocycles. The Balaban J connectivity index is 1.63. The van der Waals surface area contributed by atoms with Gasteiger partial charge in [0.2, 0.25) is 0 Å². The van der Waals surface area contributed by atoms with Gasteiger partial charge in [0, 0.05) is 37.6 Å². The van der Waals surface area contributed by atoms with Gasteiger partial charge in [0.15, 0.2) is 0 Å². The molecule has 1 aliphatic heterocycles. The first kappa shape index (κ1) is 20.5. The number of anilines is 2. The number of hydrogen-bond donors (Lipinski definition) is 1. The summed E-state index contributed by atoms with van der Waals surface area (Å²) < 4.78 is 37.9. The zero-order chi connectivity index (χ0) is 20.5. The average molecular weight is 433 g/mol. The summed E-state index contributed by atoms with van der Waals surface area (Å²) in [5, 5.41) is 3.51. The van der Waals surface area contributed by atoms with Crippen molar-refractivity contribution in [2.24, 2.45) is 0 Å². The minimum absolute atomic E-state index is 0.156. The molecule has 10 heteroatoms. The molecule has 2 heterocycles. The van der Waals surface area contributed by atoms with Crippen LogP contribution in [0.5, 0.6) is 0 Å². The Hall–Kier alpha value is -2.19. The monoisotopic (exact) mass is 432 g/mol. The highest BCUT2D eigenvalue weighted by atomic mass is 35.5. The first-order valence-corrected chi connectivity index (χ1v) is 9.21. The van der Waals surface area contributed by atoms with Gasteiger partial charge in [-0.3, -0.25) is 0 Å². The van der Waals surface area contributed by atoms with Gasteiger partial charge >= 0.3 is 12.2 Å². The normalized spacial score (nSPS) is 17.6. The largest absolute Gasteiger partial charge is 0.416 e. The Morgan fingerprint density at radius 1 is 1.21 bits per heavy atom. The van der Waals surface area contributed by atoms with E-state index >= 15 is 0 Å². The molecule has 0 radical (unpaired) electrons. The first-order chi connectivity index (χ1) is 13.1. The molecular weight excluding hydrogens is 416 g/mol. The summed E-state index contributed by atoms with van der Waals surface area (Å²) in [5.41, 5.74) is -0.463. The van der Waals surface area contributed by atoms with Gasteiger partial charge in [-0.25, -0.2) is 9.78 Å². The molecule has 0 unspecified atom stereocenters. The molecule has 2 aromatic rings. The van der Waals surface area contributed by atoms with Crippen molar-refractivity contribution in [1.29, 1.82) is 0 Å². The number of rotatable bonds is 2. The molecule has 1 atom stereocenters. The van der Waals surface area contributed by atoms with Crippen LogP contribution in [0.4, 0.5) is 29.5 Å². The van der Waals surface area contributed by atoms with Crippen LogP contribution in [0.1, 0.15) is 12.5 Å². The van der Waals surface area contributed by atoms with Crippen LogP contribution in [-0.2, 0) is 6.18 Å². The number of nitrogens with zero attached hydrogens (tertiary/aromatic N) is 3. The molecule has 1 saturated heterocycles. The van der Waals surface area contributed by atoms with Crippen LogP contribution < -0.4 is 10.2 Å². The van der Waals surface area contributed by atoms with Crippen molar-refractivity contribution >= 4 is 40.7 Å². The number of piperazine rings is 1. The summed E-state index contributed by atoms with van der Waals surface area (Å²) in [6.45, 7) is 3.31. The maximum Gasteiger partial charge on any atom is 0.416 e. The van der Waals surface area contributed by atoms with Gasteiger partial charge in [0.05, 0.1) is 15.6 Å². The summed E-state index contributed by atoms with van der Waals surface area (Å²) in [6.07, 6.45) is -2.90. The van der Waals surface area contributed by atoms with Crippen LogP contribution in [-0.4, -0.2) is 41.6 Å². The minimum atomic E-state index is -4.41. The molecule has 1 aliphatic rings. The Kier molecular flexibility index (Phi) is 5.90. The Morgan fingerprint density at radius 3 is 2.46 bits per heavy atom. The molecular formula is C18H17Cl2F3N4O. The van der Waals surface area contributed by atoms with E-state index in [2.05, 4.69) is 10.3 Å². The van der Waals surface area contributed by atoms with Gasteiger partial charge in [-0.2, -0.15) is 13.2 Å². The van der Waals surface area contributed by atoms with E-state index in [0.717, 1.165) is 12.1 Å². The number of alkyl halides is 3. The van der Waals surface area contributed by atoms with Crippen LogP contribution in [0, 0.1) is 0 Å². The van der Waals surface area contributed by atoms with Gasteiger partial charge < -0.3 is 15.1 Å². The summed E-state index contributed by atoms with van der Waals surface area (Å²) in [4.78, 5) is 20.4. The maximum absolute atomic E-state index is 12.6. The quantitative estimate of drug-likeness (QED) is 0.713. The topological polar surface area (TPSA) is 48.5 Å². The van der Waals surface area contributed by atoms with Crippen molar-refractivity contribution in [3.8, 4) is 0 Å². The second kappa shape index (κ2) is 8.05. The average Bonchev–Trinajstić information content (AvgIpc) is 2.61. The van der Waals surface area contributed by atoms with Crippen molar-refractivity contribution in [2.75, 3.05) is 29.9 Å². The van der Waals surface area contributed by atoms with E-state index in [1.54, 1.807) is 11.0 Å². The van der Waals surface area contributed by atoms with Gasteiger partial charge in [0.25, 0.3) is 0 Å². The zero-order valence-electron chi connectivity index (χ0n) is 14.8. The third-order valence-corrected chi connectivity index (χ3v) is 4.92. The standard InChI is InChI=1S/C18H17Cl2F3N4O/c1-11-10-26(16-15(20)8-13(19)9-24-16)6-7-27(11)17(28)25-14-4-2-12(3-5-14)18(21,22)23/h2-5,8-9,11H,6-7,10H2,1H3,(H,25,28)/t11-/m1/s1. The van der Waals surface area contributed by atoms with E-state index in [9.17, 15) is 18.0 Å². The van der Waals surface area contributed by atoms with Crippen molar-refractivity contribution in [3.05, 3.63) is 52.1 Å². The molecule has 0 spiro atoms.